The molecule has 3 aromatic rings. The summed E-state index contributed by atoms with van der Waals surface area (Å²) in [6.45, 7) is 4.52. The second-order valence-corrected chi connectivity index (χ2v) is 6.76. The maximum atomic E-state index is 12.4. The van der Waals surface area contributed by atoms with E-state index in [-0.39, 0.29) is 5.56 Å². The van der Waals surface area contributed by atoms with Crippen LogP contribution in [0.2, 0.25) is 0 Å². The Labute approximate surface area is 145 Å². The van der Waals surface area contributed by atoms with E-state index in [1.165, 1.54) is 12.8 Å². The molecule has 0 amide bonds. The van der Waals surface area contributed by atoms with Gasteiger partial charge in [-0.1, -0.05) is 12.5 Å². The molecule has 0 spiro atoms. The van der Waals surface area contributed by atoms with Crippen molar-refractivity contribution in [3.05, 3.63) is 58.7 Å². The van der Waals surface area contributed by atoms with Crippen molar-refractivity contribution < 1.29 is 0 Å². The van der Waals surface area contributed by atoms with E-state index in [1.807, 2.05) is 29.9 Å². The highest BCUT2D eigenvalue weighted by Crippen LogP contribution is 2.20. The number of nitrogens with zero attached hydrogens (tertiary/aromatic N) is 6. The van der Waals surface area contributed by atoms with Gasteiger partial charge < -0.3 is 0 Å². The summed E-state index contributed by atoms with van der Waals surface area (Å²) in [5, 5.41) is 4.23. The molecule has 7 nitrogen and oxygen atoms in total. The number of aromatic nitrogens is 5. The van der Waals surface area contributed by atoms with Gasteiger partial charge in [0.05, 0.1) is 12.2 Å². The van der Waals surface area contributed by atoms with E-state index in [0.717, 1.165) is 30.8 Å². The predicted octanol–water partition coefficient (Wildman–Crippen LogP) is 1.65. The maximum Gasteiger partial charge on any atom is 0.258 e. The quantitative estimate of drug-likeness (QED) is 0.723. The van der Waals surface area contributed by atoms with Crippen molar-refractivity contribution >= 4 is 5.65 Å². The summed E-state index contributed by atoms with van der Waals surface area (Å²) >= 11 is 0. The second-order valence-electron chi connectivity index (χ2n) is 6.76. The van der Waals surface area contributed by atoms with E-state index >= 15 is 0 Å². The number of pyridine rings is 1. The Balaban J connectivity index is 1.58. The number of hydrogen-bond acceptors (Lipinski definition) is 5. The zero-order valence-electron chi connectivity index (χ0n) is 14.4. The van der Waals surface area contributed by atoms with Crippen LogP contribution < -0.4 is 5.56 Å². The molecule has 4 heterocycles. The van der Waals surface area contributed by atoms with Crippen molar-refractivity contribution in [1.82, 2.24) is 29.0 Å². The van der Waals surface area contributed by atoms with E-state index < -0.39 is 0 Å². The van der Waals surface area contributed by atoms with Crippen LogP contribution in [0.25, 0.3) is 5.65 Å². The van der Waals surface area contributed by atoms with Crippen molar-refractivity contribution in [1.29, 1.82) is 0 Å². The summed E-state index contributed by atoms with van der Waals surface area (Å²) in [4.78, 5) is 23.5. The molecule has 0 N–H and O–H groups in total. The molecular weight excluding hydrogens is 316 g/mol. The molecule has 1 aliphatic heterocycles. The molecule has 1 saturated heterocycles. The Bertz CT molecular complexity index is 917. The minimum atomic E-state index is -0.0199. The van der Waals surface area contributed by atoms with Crippen molar-refractivity contribution in [2.75, 3.05) is 6.54 Å². The Morgan fingerprint density at radius 3 is 3.04 bits per heavy atom. The Hall–Kier alpha value is -2.54. The lowest BCUT2D eigenvalue weighted by Crippen LogP contribution is -2.42. The fraction of sp³-hybridized carbons (Fsp3) is 0.444. The van der Waals surface area contributed by atoms with Crippen molar-refractivity contribution in [2.24, 2.45) is 0 Å². The van der Waals surface area contributed by atoms with Gasteiger partial charge in [0.25, 0.3) is 5.56 Å². The normalized spacial score (nSPS) is 18.7. The van der Waals surface area contributed by atoms with Gasteiger partial charge in [-0.2, -0.15) is 5.10 Å². The third kappa shape index (κ3) is 3.46. The molecule has 0 radical (unpaired) electrons. The molecule has 130 valence electrons. The first-order valence-corrected chi connectivity index (χ1v) is 8.74. The summed E-state index contributed by atoms with van der Waals surface area (Å²) in [5.41, 5.74) is 2.57. The average Bonchev–Trinajstić information content (AvgIpc) is 3.10. The predicted molar refractivity (Wildman–Crippen MR) is 94.3 cm³/mol. The SMILES string of the molecule is Cc1ccc2nc(CN3CCCC[C@@H]3Cn3cncn3)cc(=O)n2c1. The molecule has 7 heteroatoms. The second kappa shape index (κ2) is 6.76. The summed E-state index contributed by atoms with van der Waals surface area (Å²) < 4.78 is 3.50. The van der Waals surface area contributed by atoms with Gasteiger partial charge in [0, 0.05) is 24.8 Å². The van der Waals surface area contributed by atoms with Crippen molar-refractivity contribution in [3.8, 4) is 0 Å². The summed E-state index contributed by atoms with van der Waals surface area (Å²) in [6, 6.07) is 5.95. The molecule has 0 bridgehead atoms. The molecule has 4 rings (SSSR count). The molecule has 0 aromatic carbocycles. The zero-order valence-corrected chi connectivity index (χ0v) is 14.4. The fourth-order valence-electron chi connectivity index (χ4n) is 3.57. The van der Waals surface area contributed by atoms with E-state index in [2.05, 4.69) is 20.0 Å². The van der Waals surface area contributed by atoms with Gasteiger partial charge in [0.15, 0.2) is 0 Å². The van der Waals surface area contributed by atoms with Gasteiger partial charge in [-0.15, -0.1) is 0 Å². The van der Waals surface area contributed by atoms with Crippen LogP contribution >= 0.6 is 0 Å². The lowest BCUT2D eigenvalue weighted by atomic mass is 10.0. The highest BCUT2D eigenvalue weighted by atomic mass is 16.1. The van der Waals surface area contributed by atoms with Crippen molar-refractivity contribution in [2.45, 2.75) is 45.3 Å². The van der Waals surface area contributed by atoms with Crippen LogP contribution in [-0.2, 0) is 13.1 Å². The fourth-order valence-corrected chi connectivity index (χ4v) is 3.57. The minimum absolute atomic E-state index is 0.0199. The molecule has 0 unspecified atom stereocenters. The van der Waals surface area contributed by atoms with Crippen LogP contribution in [0, 0.1) is 6.92 Å². The van der Waals surface area contributed by atoms with Crippen LogP contribution in [0.5, 0.6) is 0 Å². The van der Waals surface area contributed by atoms with E-state index in [1.54, 1.807) is 23.1 Å². The molecular formula is C18H22N6O. The molecule has 25 heavy (non-hydrogen) atoms. The van der Waals surface area contributed by atoms with E-state index in [4.69, 9.17) is 0 Å². The van der Waals surface area contributed by atoms with Gasteiger partial charge >= 0.3 is 0 Å². The Morgan fingerprint density at radius 2 is 2.20 bits per heavy atom. The monoisotopic (exact) mass is 338 g/mol. The van der Waals surface area contributed by atoms with Gasteiger partial charge in [-0.3, -0.25) is 18.8 Å². The number of aryl methyl sites for hydroxylation is 1. The summed E-state index contributed by atoms with van der Waals surface area (Å²) in [7, 11) is 0. The topological polar surface area (TPSA) is 68.3 Å². The standard InChI is InChI=1S/C18H22N6O/c1-14-5-6-17-21-15(8-18(25)24(17)9-14)10-22-7-3-2-4-16(22)11-23-13-19-12-20-23/h5-6,8-9,12-13,16H,2-4,7,10-11H2,1H3/t16-/m1/s1. The Kier molecular flexibility index (Phi) is 4.31. The van der Waals surface area contributed by atoms with Crippen molar-refractivity contribution in [3.63, 3.8) is 0 Å². The number of likely N-dealkylation sites (tertiary alicyclic amines) is 1. The van der Waals surface area contributed by atoms with E-state index in [9.17, 15) is 4.79 Å². The van der Waals surface area contributed by atoms with Crippen LogP contribution in [0.4, 0.5) is 0 Å². The largest absolute Gasteiger partial charge is 0.293 e. The van der Waals surface area contributed by atoms with Gasteiger partial charge in [-0.25, -0.2) is 9.97 Å². The van der Waals surface area contributed by atoms with E-state index in [0.29, 0.717) is 18.2 Å². The molecule has 1 fully saturated rings. The Morgan fingerprint density at radius 1 is 1.28 bits per heavy atom. The number of rotatable bonds is 4. The summed E-state index contributed by atoms with van der Waals surface area (Å²) in [5.74, 6) is 0. The van der Waals surface area contributed by atoms with Crippen LogP contribution in [0.15, 0.2) is 41.8 Å². The highest BCUT2D eigenvalue weighted by molar-refractivity contribution is 5.39. The van der Waals surface area contributed by atoms with Crippen LogP contribution in [0.1, 0.15) is 30.5 Å². The first kappa shape index (κ1) is 16.0. The van der Waals surface area contributed by atoms with Gasteiger partial charge in [-0.05, 0) is 37.9 Å². The average molecular weight is 338 g/mol. The molecule has 0 aliphatic carbocycles. The highest BCUT2D eigenvalue weighted by Gasteiger charge is 2.23. The first-order chi connectivity index (χ1) is 12.2. The molecule has 3 aromatic heterocycles. The first-order valence-electron chi connectivity index (χ1n) is 8.74. The summed E-state index contributed by atoms with van der Waals surface area (Å²) in [6.07, 6.45) is 8.70. The number of hydrogen-bond donors (Lipinski definition) is 0. The maximum absolute atomic E-state index is 12.4. The lowest BCUT2D eigenvalue weighted by Gasteiger charge is -2.35. The smallest absolute Gasteiger partial charge is 0.258 e. The molecule has 1 aliphatic rings. The zero-order chi connectivity index (χ0) is 17.2. The lowest BCUT2D eigenvalue weighted by molar-refractivity contribution is 0.120. The number of fused-ring (bicyclic) bond motifs is 1. The molecule has 0 saturated carbocycles. The van der Waals surface area contributed by atoms with Gasteiger partial charge in [0.1, 0.15) is 18.3 Å². The minimum Gasteiger partial charge on any atom is -0.293 e. The third-order valence-corrected chi connectivity index (χ3v) is 4.84. The van der Waals surface area contributed by atoms with Crippen LogP contribution in [-0.4, -0.2) is 41.6 Å². The van der Waals surface area contributed by atoms with Crippen LogP contribution in [0.3, 0.4) is 0 Å². The van der Waals surface area contributed by atoms with Gasteiger partial charge in [0.2, 0.25) is 0 Å². The molecule has 1 atom stereocenters. The number of piperidine rings is 1. The third-order valence-electron chi connectivity index (χ3n) is 4.84.